The second-order valence-electron chi connectivity index (χ2n) is 5.97. The van der Waals surface area contributed by atoms with E-state index >= 15 is 0 Å². The zero-order valence-electron chi connectivity index (χ0n) is 12.9. The fraction of sp³-hybridized carbons (Fsp3) is 0.312. The summed E-state index contributed by atoms with van der Waals surface area (Å²) in [6.07, 6.45) is 4.66. The first kappa shape index (κ1) is 14.1. The van der Waals surface area contributed by atoms with Crippen LogP contribution in [-0.4, -0.2) is 20.9 Å². The monoisotopic (exact) mass is 410 g/mol. The van der Waals surface area contributed by atoms with E-state index in [0.717, 1.165) is 24.9 Å². The molecule has 2 aromatic heterocycles. The van der Waals surface area contributed by atoms with Crippen LogP contribution in [0.4, 0.5) is 5.69 Å². The van der Waals surface area contributed by atoms with Gasteiger partial charge in [-0.1, -0.05) is 0 Å². The van der Waals surface area contributed by atoms with Crippen molar-refractivity contribution < 1.29 is 11.5 Å². The molecule has 3 heterocycles. The maximum absolute atomic E-state index is 5.83. The second kappa shape index (κ2) is 4.48. The highest BCUT2D eigenvalue weighted by Crippen LogP contribution is 2.38. The predicted octanol–water partition coefficient (Wildman–Crippen LogP) is 4.62. The van der Waals surface area contributed by atoms with E-state index < -0.39 is 0 Å². The van der Waals surface area contributed by atoms with E-state index in [4.69, 9.17) is 8.83 Å². The number of quaternary nitrogens is 1. The van der Waals surface area contributed by atoms with Crippen LogP contribution in [0.2, 0.25) is 0 Å². The van der Waals surface area contributed by atoms with E-state index in [-0.39, 0.29) is 0 Å². The first-order chi connectivity index (χ1) is 10.4. The van der Waals surface area contributed by atoms with E-state index in [9.17, 15) is 0 Å². The topological polar surface area (TPSA) is 42.4 Å². The highest BCUT2D eigenvalue weighted by molar-refractivity contribution is 14.1. The molecular formula is C16H17IN3O2+. The summed E-state index contributed by atoms with van der Waals surface area (Å²) in [4.78, 5) is 6.70. The molecule has 1 unspecified atom stereocenters. The second-order valence-corrected chi connectivity index (χ2v) is 8.05. The third-order valence-corrected chi connectivity index (χ3v) is 5.52. The van der Waals surface area contributed by atoms with Crippen molar-refractivity contribution in [3.05, 3.63) is 36.0 Å². The molecule has 0 radical (unpaired) electrons. The van der Waals surface area contributed by atoms with Gasteiger partial charge in [0.25, 0.3) is 22.9 Å². The Morgan fingerprint density at radius 1 is 1.27 bits per heavy atom. The van der Waals surface area contributed by atoms with E-state index in [2.05, 4.69) is 78.2 Å². The molecule has 0 saturated heterocycles. The van der Waals surface area contributed by atoms with Gasteiger partial charge in [0, 0.05) is 19.9 Å². The van der Waals surface area contributed by atoms with Crippen LogP contribution in [0.1, 0.15) is 18.4 Å². The zero-order valence-corrected chi connectivity index (χ0v) is 15.1. The van der Waals surface area contributed by atoms with Crippen molar-refractivity contribution in [2.75, 3.05) is 11.9 Å². The molecule has 0 bridgehead atoms. The van der Waals surface area contributed by atoms with Gasteiger partial charge in [-0.3, -0.25) is 4.90 Å². The van der Waals surface area contributed by atoms with E-state index in [1.807, 2.05) is 6.92 Å². The van der Waals surface area contributed by atoms with Crippen LogP contribution in [0.3, 0.4) is 0 Å². The number of anilines is 1. The number of furan rings is 1. The Bertz CT molecular complexity index is 922. The van der Waals surface area contributed by atoms with Crippen molar-refractivity contribution in [1.82, 2.24) is 4.98 Å². The smallest absolute Gasteiger partial charge is 0.319 e. The van der Waals surface area contributed by atoms with Crippen molar-refractivity contribution in [3.63, 3.8) is 0 Å². The number of rotatable bonds is 1. The fourth-order valence-corrected chi connectivity index (χ4v) is 3.36. The zero-order chi connectivity index (χ0) is 15.6. The van der Waals surface area contributed by atoms with Gasteiger partial charge in [0.1, 0.15) is 11.8 Å². The molecule has 1 aliphatic rings. The summed E-state index contributed by atoms with van der Waals surface area (Å²) in [5, 5.41) is 1.01. The molecule has 0 N–H and O–H groups in total. The summed E-state index contributed by atoms with van der Waals surface area (Å²) in [5.74, 6) is 1.13. The summed E-state index contributed by atoms with van der Waals surface area (Å²) in [5.41, 5.74) is 3.98. The number of aromatic nitrogens is 1. The summed E-state index contributed by atoms with van der Waals surface area (Å²) in [6.45, 7) is 6.17. The third kappa shape index (κ3) is 1.90. The first-order valence-corrected chi connectivity index (χ1v) is 8.17. The highest BCUT2D eigenvalue weighted by Gasteiger charge is 2.36. The van der Waals surface area contributed by atoms with Gasteiger partial charge >= 0.3 is 5.78 Å². The minimum atomic E-state index is 0.329. The summed E-state index contributed by atoms with van der Waals surface area (Å²) in [6, 6.07) is 4.22. The predicted molar refractivity (Wildman–Crippen MR) is 94.5 cm³/mol. The Balaban J connectivity index is 1.89. The molecule has 1 aromatic carbocycles. The van der Waals surface area contributed by atoms with Crippen molar-refractivity contribution >= 4 is 50.8 Å². The number of hydrogen-bond acceptors (Lipinski definition) is 4. The normalized spacial score (nSPS) is 25.0. The molecule has 6 heteroatoms. The van der Waals surface area contributed by atoms with Crippen LogP contribution in [0.5, 0.6) is 0 Å². The molecule has 22 heavy (non-hydrogen) atoms. The largest absolute Gasteiger partial charge is 0.424 e. The van der Waals surface area contributed by atoms with E-state index in [1.165, 1.54) is 5.56 Å². The Labute approximate surface area is 142 Å². The Hall–Kier alpha value is -1.54. The van der Waals surface area contributed by atoms with Crippen LogP contribution in [0, 0.1) is 13.8 Å². The number of fused-ring (bicyclic) bond motifs is 3. The van der Waals surface area contributed by atoms with Gasteiger partial charge in [0.2, 0.25) is 0 Å². The van der Waals surface area contributed by atoms with Gasteiger partial charge in [0.05, 0.1) is 24.3 Å². The average molecular weight is 410 g/mol. The van der Waals surface area contributed by atoms with Gasteiger partial charge in [-0.15, -0.1) is 0 Å². The van der Waals surface area contributed by atoms with Crippen LogP contribution in [0.25, 0.3) is 22.3 Å². The molecule has 1 aliphatic heterocycles. The lowest BCUT2D eigenvalue weighted by molar-refractivity contribution is -0.692. The molecule has 2 atom stereocenters. The Kier molecular flexibility index (Phi) is 2.87. The summed E-state index contributed by atoms with van der Waals surface area (Å²) < 4.78 is 12.1. The van der Waals surface area contributed by atoms with Gasteiger partial charge in [-0.05, 0) is 18.6 Å². The molecule has 0 spiro atoms. The summed E-state index contributed by atoms with van der Waals surface area (Å²) in [7, 11) is 2.18. The molecule has 114 valence electrons. The lowest BCUT2D eigenvalue weighted by atomic mass is 10.1. The Morgan fingerprint density at radius 3 is 2.73 bits per heavy atom. The maximum Gasteiger partial charge on any atom is 0.319 e. The maximum atomic E-state index is 5.83. The number of oxazole rings is 1. The van der Waals surface area contributed by atoms with Gasteiger partial charge in [-0.25, -0.2) is 7.68 Å². The molecule has 3 aromatic rings. The van der Waals surface area contributed by atoms with Crippen LogP contribution in [-0.2, 0) is 0 Å². The standard InChI is InChI=1S/C16H17IN3O2/c1-9-7-12-14(22-16-15(12)18-10(2)21-16)8-13(9)19-5-6-20(4,17)11(19)3/h5-8,11H,1-4H3/q+1/t11-,20?/m1/s1. The van der Waals surface area contributed by atoms with Crippen molar-refractivity contribution in [3.8, 4) is 0 Å². The van der Waals surface area contributed by atoms with Crippen molar-refractivity contribution in [1.29, 1.82) is 0 Å². The molecule has 0 saturated carbocycles. The quantitative estimate of drug-likeness (QED) is 0.434. The number of nitrogens with zero attached hydrogens (tertiary/aromatic N) is 3. The molecular weight excluding hydrogens is 393 g/mol. The molecule has 0 amide bonds. The average Bonchev–Trinajstić information content (AvgIpc) is 3.03. The number of halogens is 1. The molecule has 0 fully saturated rings. The van der Waals surface area contributed by atoms with Crippen LogP contribution < -0.4 is 4.90 Å². The van der Waals surface area contributed by atoms with E-state index in [1.54, 1.807) is 0 Å². The van der Waals surface area contributed by atoms with Crippen molar-refractivity contribution in [2.24, 2.45) is 0 Å². The minimum absolute atomic E-state index is 0.329. The van der Waals surface area contributed by atoms with Gasteiger partial charge in [-0.2, -0.15) is 0 Å². The fourth-order valence-electron chi connectivity index (χ4n) is 2.95. The summed E-state index contributed by atoms with van der Waals surface area (Å²) >= 11 is 2.44. The SMILES string of the molecule is Cc1nc2c(o1)oc1cc(N3C=C[N+](C)(I)[C@@H]3C)c(C)cc12. The van der Waals surface area contributed by atoms with Gasteiger partial charge < -0.3 is 8.83 Å². The highest BCUT2D eigenvalue weighted by atomic mass is 127. The number of benzene rings is 1. The van der Waals surface area contributed by atoms with Crippen LogP contribution >= 0.6 is 22.9 Å². The minimum Gasteiger partial charge on any atom is -0.424 e. The lowest BCUT2D eigenvalue weighted by Gasteiger charge is -2.30. The molecule has 0 aliphatic carbocycles. The Morgan fingerprint density at radius 2 is 2.05 bits per heavy atom. The van der Waals surface area contributed by atoms with Crippen molar-refractivity contribution in [2.45, 2.75) is 26.9 Å². The third-order valence-electron chi connectivity index (χ3n) is 4.39. The van der Waals surface area contributed by atoms with Gasteiger partial charge in [0.15, 0.2) is 17.6 Å². The van der Waals surface area contributed by atoms with Crippen LogP contribution in [0.15, 0.2) is 33.4 Å². The first-order valence-electron chi connectivity index (χ1n) is 7.20. The number of aryl methyl sites for hydroxylation is 2. The lowest BCUT2D eigenvalue weighted by Crippen LogP contribution is -2.41. The molecule has 4 rings (SSSR count). The molecule has 5 nitrogen and oxygen atoms in total. The van der Waals surface area contributed by atoms with E-state index in [0.29, 0.717) is 17.8 Å². The number of hydrogen-bond donors (Lipinski definition) is 0.